The molecular formula is C18H23N3O. The van der Waals surface area contributed by atoms with Gasteiger partial charge >= 0.3 is 0 Å². The van der Waals surface area contributed by atoms with Gasteiger partial charge in [-0.05, 0) is 17.7 Å². The standard InChI is InChI=1S/C18H23N3O/c1-19-9-5-8-17(19)15-20-10-12-21(13-11-20)18(22)14-16-6-3-2-4-7-16/h2-9H,10-15H2,1H3. The zero-order valence-corrected chi connectivity index (χ0v) is 13.1. The topological polar surface area (TPSA) is 28.5 Å². The second-order valence-electron chi connectivity index (χ2n) is 5.93. The van der Waals surface area contributed by atoms with Crippen molar-refractivity contribution < 1.29 is 4.79 Å². The molecule has 1 aromatic heterocycles. The summed E-state index contributed by atoms with van der Waals surface area (Å²) in [6.07, 6.45) is 2.59. The quantitative estimate of drug-likeness (QED) is 0.862. The first kappa shape index (κ1) is 14.9. The summed E-state index contributed by atoms with van der Waals surface area (Å²) in [5.74, 6) is 0.240. The fourth-order valence-corrected chi connectivity index (χ4v) is 2.93. The van der Waals surface area contributed by atoms with E-state index < -0.39 is 0 Å². The Labute approximate surface area is 132 Å². The number of nitrogens with zero attached hydrogens (tertiary/aromatic N) is 3. The van der Waals surface area contributed by atoms with Crippen LogP contribution in [-0.2, 0) is 24.8 Å². The van der Waals surface area contributed by atoms with Gasteiger partial charge in [-0.2, -0.15) is 0 Å². The number of aromatic nitrogens is 1. The summed E-state index contributed by atoms with van der Waals surface area (Å²) in [4.78, 5) is 16.8. The van der Waals surface area contributed by atoms with Crippen LogP contribution >= 0.6 is 0 Å². The molecule has 22 heavy (non-hydrogen) atoms. The van der Waals surface area contributed by atoms with E-state index in [-0.39, 0.29) is 5.91 Å². The largest absolute Gasteiger partial charge is 0.353 e. The molecule has 0 atom stereocenters. The monoisotopic (exact) mass is 297 g/mol. The SMILES string of the molecule is Cn1cccc1CN1CCN(C(=O)Cc2ccccc2)CC1. The summed E-state index contributed by atoms with van der Waals surface area (Å²) in [5, 5.41) is 0. The van der Waals surface area contributed by atoms with Gasteiger partial charge in [0, 0.05) is 51.7 Å². The molecule has 1 amide bonds. The molecule has 1 aromatic carbocycles. The normalized spacial score (nSPS) is 16.0. The van der Waals surface area contributed by atoms with Gasteiger partial charge < -0.3 is 9.47 Å². The van der Waals surface area contributed by atoms with Crippen LogP contribution in [0.15, 0.2) is 48.7 Å². The number of rotatable bonds is 4. The Morgan fingerprint density at radius 2 is 1.73 bits per heavy atom. The first-order valence-corrected chi connectivity index (χ1v) is 7.86. The maximum absolute atomic E-state index is 12.3. The summed E-state index contributed by atoms with van der Waals surface area (Å²) in [6, 6.07) is 14.2. The van der Waals surface area contributed by atoms with Crippen molar-refractivity contribution >= 4 is 5.91 Å². The highest BCUT2D eigenvalue weighted by molar-refractivity contribution is 5.78. The van der Waals surface area contributed by atoms with Gasteiger partial charge in [0.1, 0.15) is 0 Å². The van der Waals surface area contributed by atoms with Gasteiger partial charge in [-0.3, -0.25) is 9.69 Å². The maximum Gasteiger partial charge on any atom is 0.227 e. The molecule has 0 spiro atoms. The highest BCUT2D eigenvalue weighted by Gasteiger charge is 2.21. The number of amides is 1. The molecule has 0 radical (unpaired) electrons. The fourth-order valence-electron chi connectivity index (χ4n) is 2.93. The Hall–Kier alpha value is -2.07. The lowest BCUT2D eigenvalue weighted by molar-refractivity contribution is -0.132. The minimum Gasteiger partial charge on any atom is -0.353 e. The summed E-state index contributed by atoms with van der Waals surface area (Å²) in [6.45, 7) is 4.52. The van der Waals surface area contributed by atoms with Crippen molar-refractivity contribution in [2.75, 3.05) is 26.2 Å². The molecule has 1 aliphatic heterocycles. The number of benzene rings is 1. The average Bonchev–Trinajstić information content (AvgIpc) is 2.94. The zero-order valence-electron chi connectivity index (χ0n) is 13.1. The maximum atomic E-state index is 12.3. The van der Waals surface area contributed by atoms with E-state index in [0.29, 0.717) is 6.42 Å². The van der Waals surface area contributed by atoms with Gasteiger partial charge in [-0.1, -0.05) is 30.3 Å². The highest BCUT2D eigenvalue weighted by Crippen LogP contribution is 2.10. The van der Waals surface area contributed by atoms with Crippen LogP contribution in [0, 0.1) is 0 Å². The minimum atomic E-state index is 0.240. The Kier molecular flexibility index (Phi) is 4.59. The van der Waals surface area contributed by atoms with Crippen LogP contribution in [0.3, 0.4) is 0 Å². The lowest BCUT2D eigenvalue weighted by Crippen LogP contribution is -2.48. The van der Waals surface area contributed by atoms with Gasteiger partial charge in [0.15, 0.2) is 0 Å². The number of carbonyl (C=O) groups excluding carboxylic acids is 1. The average molecular weight is 297 g/mol. The van der Waals surface area contributed by atoms with Crippen LogP contribution in [-0.4, -0.2) is 46.5 Å². The van der Waals surface area contributed by atoms with E-state index in [4.69, 9.17) is 0 Å². The Balaban J connectivity index is 1.49. The Morgan fingerprint density at radius 1 is 1.00 bits per heavy atom. The van der Waals surface area contributed by atoms with Crippen LogP contribution < -0.4 is 0 Å². The van der Waals surface area contributed by atoms with E-state index in [1.807, 2.05) is 35.2 Å². The van der Waals surface area contributed by atoms with Crippen molar-refractivity contribution in [1.29, 1.82) is 0 Å². The molecule has 0 aliphatic carbocycles. The molecule has 0 unspecified atom stereocenters. The first-order chi connectivity index (χ1) is 10.7. The third-order valence-corrected chi connectivity index (χ3v) is 4.36. The number of piperazine rings is 1. The molecule has 0 saturated carbocycles. The zero-order chi connectivity index (χ0) is 15.4. The van der Waals surface area contributed by atoms with E-state index in [1.54, 1.807) is 0 Å². The molecule has 0 bridgehead atoms. The van der Waals surface area contributed by atoms with E-state index in [1.165, 1.54) is 5.69 Å². The van der Waals surface area contributed by atoms with E-state index >= 15 is 0 Å². The van der Waals surface area contributed by atoms with E-state index in [9.17, 15) is 4.79 Å². The summed E-state index contributed by atoms with van der Waals surface area (Å²) < 4.78 is 2.16. The van der Waals surface area contributed by atoms with Crippen LogP contribution in [0.1, 0.15) is 11.3 Å². The van der Waals surface area contributed by atoms with Crippen LogP contribution in [0.4, 0.5) is 0 Å². The molecule has 1 fully saturated rings. The van der Waals surface area contributed by atoms with Gasteiger partial charge in [0.2, 0.25) is 5.91 Å². The number of hydrogen-bond acceptors (Lipinski definition) is 2. The molecule has 4 nitrogen and oxygen atoms in total. The number of hydrogen-bond donors (Lipinski definition) is 0. The molecular weight excluding hydrogens is 274 g/mol. The van der Waals surface area contributed by atoms with Gasteiger partial charge in [0.05, 0.1) is 6.42 Å². The third kappa shape index (κ3) is 3.57. The Morgan fingerprint density at radius 3 is 2.36 bits per heavy atom. The summed E-state index contributed by atoms with van der Waals surface area (Å²) in [5.41, 5.74) is 2.42. The smallest absolute Gasteiger partial charge is 0.227 e. The molecule has 2 heterocycles. The van der Waals surface area contributed by atoms with Crippen LogP contribution in [0.5, 0.6) is 0 Å². The van der Waals surface area contributed by atoms with Crippen molar-refractivity contribution in [3.8, 4) is 0 Å². The fraction of sp³-hybridized carbons (Fsp3) is 0.389. The van der Waals surface area contributed by atoms with Crippen molar-refractivity contribution in [3.05, 3.63) is 59.9 Å². The minimum absolute atomic E-state index is 0.240. The summed E-state index contributed by atoms with van der Waals surface area (Å²) in [7, 11) is 2.08. The molecule has 1 saturated heterocycles. The predicted octanol–water partition coefficient (Wildman–Crippen LogP) is 1.91. The summed E-state index contributed by atoms with van der Waals surface area (Å²) >= 11 is 0. The number of aryl methyl sites for hydroxylation is 1. The highest BCUT2D eigenvalue weighted by atomic mass is 16.2. The van der Waals surface area contributed by atoms with Crippen molar-refractivity contribution in [2.45, 2.75) is 13.0 Å². The molecule has 116 valence electrons. The third-order valence-electron chi connectivity index (χ3n) is 4.36. The molecule has 2 aromatic rings. The Bertz CT molecular complexity index is 612. The van der Waals surface area contributed by atoms with Gasteiger partial charge in [-0.25, -0.2) is 0 Å². The lowest BCUT2D eigenvalue weighted by atomic mass is 10.1. The van der Waals surface area contributed by atoms with Crippen molar-refractivity contribution in [1.82, 2.24) is 14.4 Å². The lowest BCUT2D eigenvalue weighted by Gasteiger charge is -2.34. The second-order valence-corrected chi connectivity index (χ2v) is 5.93. The van der Waals surface area contributed by atoms with E-state index in [2.05, 4.69) is 34.8 Å². The second kappa shape index (κ2) is 6.79. The molecule has 0 N–H and O–H groups in total. The van der Waals surface area contributed by atoms with Gasteiger partial charge in [0.25, 0.3) is 0 Å². The first-order valence-electron chi connectivity index (χ1n) is 7.86. The molecule has 4 heteroatoms. The van der Waals surface area contributed by atoms with Crippen LogP contribution in [0.2, 0.25) is 0 Å². The number of carbonyl (C=O) groups is 1. The van der Waals surface area contributed by atoms with E-state index in [0.717, 1.165) is 38.3 Å². The molecule has 3 rings (SSSR count). The van der Waals surface area contributed by atoms with Gasteiger partial charge in [-0.15, -0.1) is 0 Å². The van der Waals surface area contributed by atoms with Crippen molar-refractivity contribution in [2.24, 2.45) is 7.05 Å². The van der Waals surface area contributed by atoms with Crippen molar-refractivity contribution in [3.63, 3.8) is 0 Å². The van der Waals surface area contributed by atoms with Crippen LogP contribution in [0.25, 0.3) is 0 Å². The predicted molar refractivity (Wildman–Crippen MR) is 87.4 cm³/mol. The molecule has 1 aliphatic rings.